The van der Waals surface area contributed by atoms with Crippen LogP contribution in [-0.4, -0.2) is 23.9 Å². The maximum Gasteiger partial charge on any atom is 0.257 e. The van der Waals surface area contributed by atoms with Crippen LogP contribution in [0.4, 0.5) is 0 Å². The highest BCUT2D eigenvalue weighted by Crippen LogP contribution is 2.40. The summed E-state index contributed by atoms with van der Waals surface area (Å²) in [5, 5.41) is 10.9. The van der Waals surface area contributed by atoms with Gasteiger partial charge in [-0.05, 0) is 12.1 Å². The molecule has 0 fully saturated rings. The molecule has 0 radical (unpaired) electrons. The molecule has 0 aromatic heterocycles. The smallest absolute Gasteiger partial charge is 0.257 e. The van der Waals surface area contributed by atoms with Crippen LogP contribution < -0.4 is 14.8 Å². The number of carbonyl (C=O) groups excluding carboxylic acids is 1. The zero-order chi connectivity index (χ0) is 16.3. The minimum atomic E-state index is -0.969. The number of nitrogens with zero attached hydrogens (tertiary/aromatic N) is 2. The highest BCUT2D eigenvalue weighted by molar-refractivity contribution is 5.77. The first-order valence-corrected chi connectivity index (χ1v) is 7.66. The van der Waals surface area contributed by atoms with Crippen LogP contribution in [0.1, 0.15) is 32.6 Å². The van der Waals surface area contributed by atoms with Gasteiger partial charge in [0.05, 0.1) is 0 Å². The third-order valence-electron chi connectivity index (χ3n) is 3.88. The van der Waals surface area contributed by atoms with Crippen LogP contribution in [-0.2, 0) is 4.79 Å². The lowest BCUT2D eigenvalue weighted by Gasteiger charge is -2.22. The van der Waals surface area contributed by atoms with Crippen molar-refractivity contribution < 1.29 is 14.3 Å². The highest BCUT2D eigenvalue weighted by Gasteiger charge is 2.40. The summed E-state index contributed by atoms with van der Waals surface area (Å²) in [4.78, 5) is 12.1. The monoisotopic (exact) mass is 313 g/mol. The fourth-order valence-electron chi connectivity index (χ4n) is 2.60. The van der Waals surface area contributed by atoms with Crippen LogP contribution in [0.3, 0.4) is 0 Å². The second-order valence-corrected chi connectivity index (χ2v) is 5.95. The number of hydrogen-bond acceptors (Lipinski definition) is 5. The minimum absolute atomic E-state index is 0.118. The first kappa shape index (κ1) is 15.3. The summed E-state index contributed by atoms with van der Waals surface area (Å²) in [5.41, 5.74) is -0.375. The van der Waals surface area contributed by atoms with Gasteiger partial charge in [-0.2, -0.15) is 10.2 Å². The lowest BCUT2D eigenvalue weighted by Crippen LogP contribution is -2.41. The van der Waals surface area contributed by atoms with E-state index in [1.807, 2.05) is 24.3 Å². The van der Waals surface area contributed by atoms with Crippen LogP contribution >= 0.6 is 0 Å². The predicted molar refractivity (Wildman–Crippen MR) is 84.0 cm³/mol. The molecule has 0 unspecified atom stereocenters. The van der Waals surface area contributed by atoms with Gasteiger partial charge < -0.3 is 14.8 Å². The zero-order valence-corrected chi connectivity index (χ0v) is 13.0. The lowest BCUT2D eigenvalue weighted by atomic mass is 10.0. The molecule has 2 aliphatic rings. The topological polar surface area (TPSA) is 72.3 Å². The van der Waals surface area contributed by atoms with E-state index in [4.69, 9.17) is 15.9 Å². The molecule has 1 aromatic rings. The Bertz CT molecular complexity index is 647. The number of terminal acetylenes is 1. The van der Waals surface area contributed by atoms with E-state index in [-0.39, 0.29) is 18.0 Å². The van der Waals surface area contributed by atoms with Gasteiger partial charge in [0.2, 0.25) is 5.91 Å². The summed E-state index contributed by atoms with van der Waals surface area (Å²) >= 11 is 0. The molecule has 2 heterocycles. The predicted octanol–water partition coefficient (Wildman–Crippen LogP) is 2.65. The first-order valence-electron chi connectivity index (χ1n) is 7.66. The van der Waals surface area contributed by atoms with Crippen molar-refractivity contribution >= 4 is 5.91 Å². The molecule has 1 aromatic carbocycles. The van der Waals surface area contributed by atoms with Crippen molar-refractivity contribution in [2.24, 2.45) is 10.2 Å². The molecule has 0 aliphatic carbocycles. The number of nitrogens with one attached hydrogen (secondary N) is 1. The van der Waals surface area contributed by atoms with Crippen LogP contribution in [0.25, 0.3) is 0 Å². The number of benzene rings is 1. The van der Waals surface area contributed by atoms with Gasteiger partial charge in [-0.1, -0.05) is 12.1 Å². The van der Waals surface area contributed by atoms with Crippen molar-refractivity contribution in [1.29, 1.82) is 0 Å². The van der Waals surface area contributed by atoms with E-state index in [0.29, 0.717) is 30.9 Å². The molecular formula is C17H19N3O3. The number of rotatable bonds is 7. The van der Waals surface area contributed by atoms with Crippen molar-refractivity contribution in [2.45, 2.75) is 44.1 Å². The number of carbonyl (C=O) groups is 1. The van der Waals surface area contributed by atoms with Crippen LogP contribution in [0.2, 0.25) is 0 Å². The van der Waals surface area contributed by atoms with E-state index in [0.717, 1.165) is 6.42 Å². The molecule has 0 saturated carbocycles. The van der Waals surface area contributed by atoms with E-state index in [1.54, 1.807) is 6.92 Å². The Morgan fingerprint density at radius 3 is 2.48 bits per heavy atom. The largest absolute Gasteiger partial charge is 0.448 e. The molecule has 0 spiro atoms. The summed E-state index contributed by atoms with van der Waals surface area (Å²) in [6.07, 6.45) is 7.41. The molecule has 2 aliphatic heterocycles. The zero-order valence-electron chi connectivity index (χ0n) is 13.0. The van der Waals surface area contributed by atoms with Gasteiger partial charge in [0, 0.05) is 32.7 Å². The fourth-order valence-corrected chi connectivity index (χ4v) is 2.60. The average molecular weight is 313 g/mol. The second kappa shape index (κ2) is 5.92. The standard InChI is InChI=1S/C17H19N3O3/c1-3-4-9-17(19-20-17)10-11-18-15(21)12-16(2)22-13-7-5-6-8-14(13)23-16/h1,5-8H,4,9-12H2,2H3,(H,18,21). The summed E-state index contributed by atoms with van der Waals surface area (Å²) in [6, 6.07) is 7.38. The SMILES string of the molecule is C#CCCC1(CCNC(=O)CC2(C)Oc3ccccc3O2)N=N1. The number of para-hydroxylation sites is 2. The maximum atomic E-state index is 12.1. The molecule has 3 rings (SSSR count). The normalized spacial score (nSPS) is 18.3. The molecule has 1 N–H and O–H groups in total. The summed E-state index contributed by atoms with van der Waals surface area (Å²) in [5.74, 6) is 2.80. The van der Waals surface area contributed by atoms with Gasteiger partial charge >= 0.3 is 0 Å². The average Bonchev–Trinajstić information content (AvgIpc) is 3.19. The van der Waals surface area contributed by atoms with Crippen molar-refractivity contribution in [2.75, 3.05) is 6.54 Å². The Morgan fingerprint density at radius 2 is 1.91 bits per heavy atom. The Balaban J connectivity index is 1.43. The Kier molecular flexibility index (Phi) is 3.95. The minimum Gasteiger partial charge on any atom is -0.448 e. The van der Waals surface area contributed by atoms with Crippen molar-refractivity contribution in [3.05, 3.63) is 24.3 Å². The Hall–Kier alpha value is -2.55. The van der Waals surface area contributed by atoms with Gasteiger partial charge in [0.1, 0.15) is 6.42 Å². The molecule has 0 bridgehead atoms. The van der Waals surface area contributed by atoms with E-state index in [9.17, 15) is 4.79 Å². The molecule has 1 amide bonds. The molecule has 0 saturated heterocycles. The van der Waals surface area contributed by atoms with Crippen LogP contribution in [0.15, 0.2) is 34.5 Å². The third-order valence-corrected chi connectivity index (χ3v) is 3.88. The quantitative estimate of drug-likeness (QED) is 0.787. The second-order valence-electron chi connectivity index (χ2n) is 5.95. The Labute approximate surface area is 135 Å². The van der Waals surface area contributed by atoms with Crippen LogP contribution in [0.5, 0.6) is 11.5 Å². The molecular weight excluding hydrogens is 294 g/mol. The Morgan fingerprint density at radius 1 is 1.26 bits per heavy atom. The van der Waals surface area contributed by atoms with E-state index in [2.05, 4.69) is 21.5 Å². The van der Waals surface area contributed by atoms with Gasteiger partial charge in [-0.25, -0.2) is 0 Å². The molecule has 23 heavy (non-hydrogen) atoms. The van der Waals surface area contributed by atoms with Gasteiger partial charge in [0.25, 0.3) is 5.79 Å². The van der Waals surface area contributed by atoms with Gasteiger partial charge in [-0.3, -0.25) is 4.79 Å². The van der Waals surface area contributed by atoms with Gasteiger partial charge in [0.15, 0.2) is 17.2 Å². The van der Waals surface area contributed by atoms with E-state index in [1.165, 1.54) is 0 Å². The number of ether oxygens (including phenoxy) is 2. The van der Waals surface area contributed by atoms with E-state index >= 15 is 0 Å². The lowest BCUT2D eigenvalue weighted by molar-refractivity contribution is -0.133. The number of hydrogen-bond donors (Lipinski definition) is 1. The van der Waals surface area contributed by atoms with Gasteiger partial charge in [-0.15, -0.1) is 12.3 Å². The van der Waals surface area contributed by atoms with Crippen molar-refractivity contribution in [3.63, 3.8) is 0 Å². The third kappa shape index (κ3) is 3.62. The maximum absolute atomic E-state index is 12.1. The molecule has 6 heteroatoms. The first-order chi connectivity index (χ1) is 11.0. The summed E-state index contributed by atoms with van der Waals surface area (Å²) in [6.45, 7) is 2.26. The number of fused-ring (bicyclic) bond motifs is 1. The molecule has 0 atom stereocenters. The molecule has 6 nitrogen and oxygen atoms in total. The van der Waals surface area contributed by atoms with Crippen LogP contribution in [0, 0.1) is 12.3 Å². The van der Waals surface area contributed by atoms with Crippen molar-refractivity contribution in [3.8, 4) is 23.8 Å². The van der Waals surface area contributed by atoms with Crippen molar-refractivity contribution in [1.82, 2.24) is 5.32 Å². The van der Waals surface area contributed by atoms with E-state index < -0.39 is 5.79 Å². The summed E-state index contributed by atoms with van der Waals surface area (Å²) < 4.78 is 11.5. The highest BCUT2D eigenvalue weighted by atomic mass is 16.7. The summed E-state index contributed by atoms with van der Waals surface area (Å²) in [7, 11) is 0. The molecule has 120 valence electrons. The number of amides is 1. The fraction of sp³-hybridized carbons (Fsp3) is 0.471.